The summed E-state index contributed by atoms with van der Waals surface area (Å²) in [6.45, 7) is 2.08. The van der Waals surface area contributed by atoms with Crippen LogP contribution in [0.3, 0.4) is 0 Å². The Balaban J connectivity index is 2.34. The van der Waals surface area contributed by atoms with Crippen LogP contribution >= 0.6 is 0 Å². The zero-order valence-electron chi connectivity index (χ0n) is 14.9. The first-order chi connectivity index (χ1) is 13.0. The van der Waals surface area contributed by atoms with Gasteiger partial charge < -0.3 is 4.90 Å². The van der Waals surface area contributed by atoms with Crippen molar-refractivity contribution in [2.45, 2.75) is 32.1 Å². The molecule has 0 fully saturated rings. The molecule has 1 aromatic carbocycles. The number of hydrogen-bond donors (Lipinski definition) is 0. The highest BCUT2D eigenvalue weighted by atomic mass is 19.4. The molecule has 0 aliphatic carbocycles. The van der Waals surface area contributed by atoms with E-state index in [4.69, 9.17) is 0 Å². The SMILES string of the molecule is CCCN(CCc1ccccn1)C(=O)c1cc(C(F)(F)F)cc(C(F)(F)F)c1. The summed E-state index contributed by atoms with van der Waals surface area (Å²) in [4.78, 5) is 18.0. The maximum atomic E-state index is 13.0. The molecule has 0 radical (unpaired) electrons. The topological polar surface area (TPSA) is 33.2 Å². The van der Waals surface area contributed by atoms with Crippen molar-refractivity contribution in [2.75, 3.05) is 13.1 Å². The van der Waals surface area contributed by atoms with Crippen LogP contribution in [-0.4, -0.2) is 28.9 Å². The number of pyridine rings is 1. The van der Waals surface area contributed by atoms with Gasteiger partial charge in [-0.15, -0.1) is 0 Å². The molecule has 152 valence electrons. The van der Waals surface area contributed by atoms with Crippen molar-refractivity contribution < 1.29 is 31.1 Å². The number of carbonyl (C=O) groups excluding carboxylic acids is 1. The van der Waals surface area contributed by atoms with Gasteiger partial charge in [0.25, 0.3) is 5.91 Å². The van der Waals surface area contributed by atoms with Crippen LogP contribution in [0.15, 0.2) is 42.6 Å². The molecule has 1 amide bonds. The smallest absolute Gasteiger partial charge is 0.338 e. The molecule has 0 aliphatic rings. The van der Waals surface area contributed by atoms with E-state index in [1.54, 1.807) is 31.3 Å². The number of rotatable bonds is 6. The number of halogens is 6. The Morgan fingerprint density at radius 3 is 2.04 bits per heavy atom. The zero-order valence-corrected chi connectivity index (χ0v) is 14.9. The van der Waals surface area contributed by atoms with Crippen molar-refractivity contribution >= 4 is 5.91 Å². The van der Waals surface area contributed by atoms with E-state index in [1.165, 1.54) is 4.90 Å². The summed E-state index contributed by atoms with van der Waals surface area (Å²) in [5.41, 5.74) is -2.99. The molecule has 9 heteroatoms. The molecular weight excluding hydrogens is 386 g/mol. The van der Waals surface area contributed by atoms with Gasteiger partial charge in [0.2, 0.25) is 0 Å². The summed E-state index contributed by atoms with van der Waals surface area (Å²) in [6, 6.07) is 6.11. The summed E-state index contributed by atoms with van der Waals surface area (Å²) in [6.07, 6.45) is -7.61. The Hall–Kier alpha value is -2.58. The van der Waals surface area contributed by atoms with Crippen LogP contribution in [0, 0.1) is 0 Å². The van der Waals surface area contributed by atoms with E-state index < -0.39 is 35.0 Å². The summed E-state index contributed by atoms with van der Waals surface area (Å²) in [7, 11) is 0. The van der Waals surface area contributed by atoms with Gasteiger partial charge in [-0.1, -0.05) is 13.0 Å². The second kappa shape index (κ2) is 8.62. The Morgan fingerprint density at radius 2 is 1.57 bits per heavy atom. The fourth-order valence-electron chi connectivity index (χ4n) is 2.64. The predicted octanol–water partition coefficient (Wildman–Crippen LogP) is 5.21. The highest BCUT2D eigenvalue weighted by Gasteiger charge is 2.37. The van der Waals surface area contributed by atoms with E-state index >= 15 is 0 Å². The van der Waals surface area contributed by atoms with Gasteiger partial charge in [0.05, 0.1) is 11.1 Å². The lowest BCUT2D eigenvalue weighted by Crippen LogP contribution is -2.34. The predicted molar refractivity (Wildman–Crippen MR) is 90.6 cm³/mol. The first-order valence-corrected chi connectivity index (χ1v) is 8.51. The maximum Gasteiger partial charge on any atom is 0.416 e. The monoisotopic (exact) mass is 404 g/mol. The second-order valence-corrected chi connectivity index (χ2v) is 6.16. The molecule has 1 aromatic heterocycles. The lowest BCUT2D eigenvalue weighted by Gasteiger charge is -2.23. The fourth-order valence-corrected chi connectivity index (χ4v) is 2.64. The summed E-state index contributed by atoms with van der Waals surface area (Å²) >= 11 is 0. The Morgan fingerprint density at radius 1 is 0.964 bits per heavy atom. The highest BCUT2D eigenvalue weighted by molar-refractivity contribution is 5.94. The maximum absolute atomic E-state index is 13.0. The molecule has 0 unspecified atom stereocenters. The Kier molecular flexibility index (Phi) is 6.69. The Bertz CT molecular complexity index is 770. The van der Waals surface area contributed by atoms with Gasteiger partial charge in [0.15, 0.2) is 0 Å². The number of nitrogens with zero attached hydrogens (tertiary/aromatic N) is 2. The third-order valence-corrected chi connectivity index (χ3v) is 3.98. The third-order valence-electron chi connectivity index (χ3n) is 3.98. The molecule has 0 N–H and O–H groups in total. The summed E-state index contributed by atoms with van der Waals surface area (Å²) < 4.78 is 78.1. The van der Waals surface area contributed by atoms with E-state index in [9.17, 15) is 31.1 Å². The average molecular weight is 404 g/mol. The van der Waals surface area contributed by atoms with Crippen molar-refractivity contribution in [3.05, 3.63) is 65.0 Å². The molecule has 0 atom stereocenters. The van der Waals surface area contributed by atoms with E-state index in [1.807, 2.05) is 0 Å². The highest BCUT2D eigenvalue weighted by Crippen LogP contribution is 2.36. The number of aromatic nitrogens is 1. The van der Waals surface area contributed by atoms with Gasteiger partial charge in [0, 0.05) is 37.0 Å². The second-order valence-electron chi connectivity index (χ2n) is 6.16. The van der Waals surface area contributed by atoms with E-state index in [0.717, 1.165) is 0 Å². The lowest BCUT2D eigenvalue weighted by atomic mass is 10.0. The summed E-state index contributed by atoms with van der Waals surface area (Å²) in [5.74, 6) is -0.880. The molecule has 2 aromatic rings. The standard InChI is InChI=1S/C19H18F6N2O/c1-2-8-27(9-6-16-5-3-4-7-26-16)17(28)13-10-14(18(20,21)22)12-15(11-13)19(23,24)25/h3-5,7,10-12H,2,6,8-9H2,1H3. The summed E-state index contributed by atoms with van der Waals surface area (Å²) in [5, 5.41) is 0. The van der Waals surface area contributed by atoms with Crippen molar-refractivity contribution in [3.63, 3.8) is 0 Å². The molecule has 0 saturated heterocycles. The molecule has 28 heavy (non-hydrogen) atoms. The van der Waals surface area contributed by atoms with Crippen molar-refractivity contribution in [3.8, 4) is 0 Å². The molecule has 0 saturated carbocycles. The molecule has 0 spiro atoms. The van der Waals surface area contributed by atoms with Gasteiger partial charge in [-0.3, -0.25) is 9.78 Å². The molecular formula is C19H18F6N2O. The number of carbonyl (C=O) groups is 1. The molecule has 0 aliphatic heterocycles. The fraction of sp³-hybridized carbons (Fsp3) is 0.368. The van der Waals surface area contributed by atoms with Crippen LogP contribution in [0.4, 0.5) is 26.3 Å². The largest absolute Gasteiger partial charge is 0.416 e. The first kappa shape index (κ1) is 21.7. The van der Waals surface area contributed by atoms with Crippen LogP contribution in [-0.2, 0) is 18.8 Å². The first-order valence-electron chi connectivity index (χ1n) is 8.51. The minimum absolute atomic E-state index is 0.00876. The number of amides is 1. The number of hydrogen-bond acceptors (Lipinski definition) is 2. The van der Waals surface area contributed by atoms with Crippen LogP contribution in [0.2, 0.25) is 0 Å². The minimum Gasteiger partial charge on any atom is -0.338 e. The van der Waals surface area contributed by atoms with Gasteiger partial charge in [-0.2, -0.15) is 26.3 Å². The average Bonchev–Trinajstić information content (AvgIpc) is 2.63. The van der Waals surface area contributed by atoms with Crippen LogP contribution in [0.5, 0.6) is 0 Å². The third kappa shape index (κ3) is 5.71. The molecule has 3 nitrogen and oxygen atoms in total. The van der Waals surface area contributed by atoms with Gasteiger partial charge in [-0.05, 0) is 36.8 Å². The van der Waals surface area contributed by atoms with Crippen molar-refractivity contribution in [1.82, 2.24) is 9.88 Å². The molecule has 2 rings (SSSR count). The molecule has 1 heterocycles. The van der Waals surface area contributed by atoms with E-state index in [-0.39, 0.29) is 19.2 Å². The van der Waals surface area contributed by atoms with Gasteiger partial charge >= 0.3 is 12.4 Å². The van der Waals surface area contributed by atoms with Crippen LogP contribution in [0.25, 0.3) is 0 Å². The molecule has 0 bridgehead atoms. The lowest BCUT2D eigenvalue weighted by molar-refractivity contribution is -0.143. The van der Waals surface area contributed by atoms with Crippen molar-refractivity contribution in [1.29, 1.82) is 0 Å². The van der Waals surface area contributed by atoms with E-state index in [0.29, 0.717) is 30.7 Å². The Labute approximate surface area is 158 Å². The number of alkyl halides is 6. The van der Waals surface area contributed by atoms with Gasteiger partial charge in [0.1, 0.15) is 0 Å². The normalized spacial score (nSPS) is 12.1. The number of benzene rings is 1. The van der Waals surface area contributed by atoms with Crippen LogP contribution < -0.4 is 0 Å². The minimum atomic E-state index is -5.00. The quantitative estimate of drug-likeness (QED) is 0.619. The van der Waals surface area contributed by atoms with Crippen LogP contribution in [0.1, 0.15) is 40.5 Å². The van der Waals surface area contributed by atoms with Gasteiger partial charge in [-0.25, -0.2) is 0 Å². The van der Waals surface area contributed by atoms with E-state index in [2.05, 4.69) is 4.98 Å². The van der Waals surface area contributed by atoms with Crippen molar-refractivity contribution in [2.24, 2.45) is 0 Å². The zero-order chi connectivity index (χ0) is 20.9.